The Kier molecular flexibility index (Phi) is 8.59. The second-order valence-electron chi connectivity index (χ2n) is 5.21. The summed E-state index contributed by atoms with van der Waals surface area (Å²) in [5, 5.41) is 8.57. The van der Waals surface area contributed by atoms with Crippen LogP contribution in [0.15, 0.2) is 12.3 Å². The number of methoxy groups -OCH3 is 1. The van der Waals surface area contributed by atoms with Crippen LogP contribution in [0, 0.1) is 0 Å². The van der Waals surface area contributed by atoms with E-state index in [1.54, 1.807) is 19.4 Å². The molecule has 0 aromatic carbocycles. The van der Waals surface area contributed by atoms with Crippen molar-refractivity contribution in [3.05, 3.63) is 18.0 Å². The number of amides is 2. The van der Waals surface area contributed by atoms with E-state index in [1.807, 2.05) is 6.92 Å². The average Bonchev–Trinajstić information content (AvgIpc) is 2.50. The van der Waals surface area contributed by atoms with Gasteiger partial charge in [-0.2, -0.15) is 0 Å². The molecule has 1 atom stereocenters. The maximum atomic E-state index is 12.0. The lowest BCUT2D eigenvalue weighted by molar-refractivity contribution is -0.118. The Bertz CT molecular complexity index is 510. The van der Waals surface area contributed by atoms with Crippen molar-refractivity contribution in [1.29, 1.82) is 0 Å². The average molecular weight is 323 g/mol. The number of carbonyl (C=O) groups excluding carboxylic acids is 2. The first kappa shape index (κ1) is 18.8. The molecule has 0 aliphatic heterocycles. The minimum atomic E-state index is -0.241. The lowest BCUT2D eigenvalue weighted by Crippen LogP contribution is -2.28. The third-order valence-electron chi connectivity index (χ3n) is 2.94. The summed E-state index contributed by atoms with van der Waals surface area (Å²) in [5.74, 6) is 0.111. The fraction of sp³-hybridized carbons (Fsp3) is 0.600. The summed E-state index contributed by atoms with van der Waals surface area (Å²) < 4.78 is 5.03. The minimum Gasteiger partial charge on any atom is -0.383 e. The van der Waals surface area contributed by atoms with Gasteiger partial charge >= 0.3 is 0 Å². The third kappa shape index (κ3) is 8.10. The van der Waals surface area contributed by atoms with E-state index in [-0.39, 0.29) is 17.9 Å². The number of ether oxygens (including phenoxy) is 1. The molecule has 0 fully saturated rings. The molecule has 0 spiro atoms. The molecular formula is C15H25N5O3. The molecule has 1 unspecified atom stereocenters. The quantitative estimate of drug-likeness (QED) is 0.544. The zero-order valence-corrected chi connectivity index (χ0v) is 13.9. The molecule has 3 N–H and O–H groups in total. The van der Waals surface area contributed by atoms with Crippen LogP contribution in [0.2, 0.25) is 0 Å². The number of hydrogen-bond donors (Lipinski definition) is 3. The SMILES string of the molecule is COCC(C)Nc1nccc(C(=O)NCCCCNC(C)=O)n1. The molecule has 8 nitrogen and oxygen atoms in total. The second-order valence-corrected chi connectivity index (χ2v) is 5.21. The number of nitrogens with zero attached hydrogens (tertiary/aromatic N) is 2. The number of unbranched alkanes of at least 4 members (excludes halogenated alkanes) is 1. The topological polar surface area (TPSA) is 105 Å². The van der Waals surface area contributed by atoms with Crippen molar-refractivity contribution in [2.24, 2.45) is 0 Å². The summed E-state index contributed by atoms with van der Waals surface area (Å²) in [6.07, 6.45) is 3.14. The molecule has 1 rings (SSSR count). The Morgan fingerprint density at radius 3 is 2.61 bits per heavy atom. The van der Waals surface area contributed by atoms with Gasteiger partial charge < -0.3 is 20.7 Å². The van der Waals surface area contributed by atoms with Crippen LogP contribution in [0.25, 0.3) is 0 Å². The first-order valence-electron chi connectivity index (χ1n) is 7.64. The van der Waals surface area contributed by atoms with Gasteiger partial charge in [0.25, 0.3) is 5.91 Å². The summed E-state index contributed by atoms with van der Waals surface area (Å²) in [6, 6.07) is 1.62. The van der Waals surface area contributed by atoms with Crippen molar-refractivity contribution in [3.63, 3.8) is 0 Å². The van der Waals surface area contributed by atoms with Crippen LogP contribution in [0.1, 0.15) is 37.2 Å². The molecule has 0 aliphatic rings. The molecule has 1 heterocycles. The lowest BCUT2D eigenvalue weighted by atomic mass is 10.3. The smallest absolute Gasteiger partial charge is 0.270 e. The molecule has 128 valence electrons. The molecule has 0 aliphatic carbocycles. The summed E-state index contributed by atoms with van der Waals surface area (Å²) in [4.78, 5) is 31.0. The Labute approximate surface area is 136 Å². The highest BCUT2D eigenvalue weighted by molar-refractivity contribution is 5.92. The van der Waals surface area contributed by atoms with Crippen molar-refractivity contribution >= 4 is 17.8 Å². The highest BCUT2D eigenvalue weighted by Gasteiger charge is 2.09. The Hall–Kier alpha value is -2.22. The van der Waals surface area contributed by atoms with E-state index >= 15 is 0 Å². The zero-order valence-electron chi connectivity index (χ0n) is 13.9. The van der Waals surface area contributed by atoms with Gasteiger partial charge in [0.15, 0.2) is 0 Å². The fourth-order valence-electron chi connectivity index (χ4n) is 1.87. The van der Waals surface area contributed by atoms with E-state index in [0.717, 1.165) is 12.8 Å². The Balaban J connectivity index is 2.36. The molecule has 2 amide bonds. The van der Waals surface area contributed by atoms with Gasteiger partial charge in [-0.25, -0.2) is 9.97 Å². The number of carbonyl (C=O) groups is 2. The van der Waals surface area contributed by atoms with Crippen LogP contribution in [-0.2, 0) is 9.53 Å². The summed E-state index contributed by atoms with van der Waals surface area (Å²) in [6.45, 7) is 5.09. The summed E-state index contributed by atoms with van der Waals surface area (Å²) in [7, 11) is 1.62. The molecular weight excluding hydrogens is 298 g/mol. The number of hydrogen-bond acceptors (Lipinski definition) is 6. The Morgan fingerprint density at radius 2 is 1.96 bits per heavy atom. The monoisotopic (exact) mass is 323 g/mol. The van der Waals surface area contributed by atoms with Crippen LogP contribution in [0.5, 0.6) is 0 Å². The number of rotatable bonds is 10. The van der Waals surface area contributed by atoms with E-state index in [2.05, 4.69) is 25.9 Å². The van der Waals surface area contributed by atoms with E-state index in [4.69, 9.17) is 4.74 Å². The standard InChI is InChI=1S/C15H25N5O3/c1-11(10-23-3)19-15-18-9-6-13(20-15)14(22)17-8-5-4-7-16-12(2)21/h6,9,11H,4-5,7-8,10H2,1-3H3,(H,16,21)(H,17,22)(H,18,19,20). The number of anilines is 1. The second kappa shape index (κ2) is 10.5. The van der Waals surface area contributed by atoms with E-state index < -0.39 is 0 Å². The lowest BCUT2D eigenvalue weighted by Gasteiger charge is -2.12. The molecule has 0 saturated carbocycles. The van der Waals surface area contributed by atoms with Crippen LogP contribution >= 0.6 is 0 Å². The molecule has 0 radical (unpaired) electrons. The predicted octanol–water partition coefficient (Wildman–Crippen LogP) is 0.570. The van der Waals surface area contributed by atoms with Crippen LogP contribution in [-0.4, -0.2) is 54.6 Å². The van der Waals surface area contributed by atoms with Gasteiger partial charge in [0.2, 0.25) is 11.9 Å². The van der Waals surface area contributed by atoms with Crippen LogP contribution in [0.4, 0.5) is 5.95 Å². The highest BCUT2D eigenvalue weighted by Crippen LogP contribution is 2.03. The molecule has 1 aromatic rings. The first-order valence-corrected chi connectivity index (χ1v) is 7.64. The maximum Gasteiger partial charge on any atom is 0.270 e. The van der Waals surface area contributed by atoms with Gasteiger partial charge in [-0.05, 0) is 25.8 Å². The van der Waals surface area contributed by atoms with Crippen molar-refractivity contribution in [1.82, 2.24) is 20.6 Å². The summed E-state index contributed by atoms with van der Waals surface area (Å²) in [5.41, 5.74) is 0.314. The van der Waals surface area contributed by atoms with Gasteiger partial charge in [0.05, 0.1) is 6.61 Å². The maximum absolute atomic E-state index is 12.0. The normalized spacial score (nSPS) is 11.6. The molecule has 23 heavy (non-hydrogen) atoms. The largest absolute Gasteiger partial charge is 0.383 e. The third-order valence-corrected chi connectivity index (χ3v) is 2.94. The highest BCUT2D eigenvalue weighted by atomic mass is 16.5. The van der Waals surface area contributed by atoms with Crippen molar-refractivity contribution in [2.75, 3.05) is 32.1 Å². The number of aromatic nitrogens is 2. The van der Waals surface area contributed by atoms with Crippen molar-refractivity contribution in [3.8, 4) is 0 Å². The number of nitrogens with one attached hydrogen (secondary N) is 3. The van der Waals surface area contributed by atoms with Crippen LogP contribution in [0.3, 0.4) is 0 Å². The Morgan fingerprint density at radius 1 is 1.26 bits per heavy atom. The zero-order chi connectivity index (χ0) is 17.1. The molecule has 1 aromatic heterocycles. The molecule has 0 bridgehead atoms. The van der Waals surface area contributed by atoms with Gasteiger partial charge in [-0.3, -0.25) is 9.59 Å². The minimum absolute atomic E-state index is 0.0437. The molecule has 0 saturated heterocycles. The predicted molar refractivity (Wildman–Crippen MR) is 87.2 cm³/mol. The first-order chi connectivity index (χ1) is 11.0. The van der Waals surface area contributed by atoms with Crippen molar-refractivity contribution in [2.45, 2.75) is 32.7 Å². The van der Waals surface area contributed by atoms with Gasteiger partial charge in [-0.1, -0.05) is 0 Å². The van der Waals surface area contributed by atoms with E-state index in [1.165, 1.54) is 6.92 Å². The summed E-state index contributed by atoms with van der Waals surface area (Å²) >= 11 is 0. The molecule has 8 heteroatoms. The van der Waals surface area contributed by atoms with Gasteiger partial charge in [-0.15, -0.1) is 0 Å². The fourth-order valence-corrected chi connectivity index (χ4v) is 1.87. The van der Waals surface area contributed by atoms with Gasteiger partial charge in [0.1, 0.15) is 5.69 Å². The van der Waals surface area contributed by atoms with E-state index in [0.29, 0.717) is 31.3 Å². The van der Waals surface area contributed by atoms with Gasteiger partial charge in [0, 0.05) is 39.4 Å². The van der Waals surface area contributed by atoms with Crippen molar-refractivity contribution < 1.29 is 14.3 Å². The van der Waals surface area contributed by atoms with E-state index in [9.17, 15) is 9.59 Å². The van der Waals surface area contributed by atoms with Crippen LogP contribution < -0.4 is 16.0 Å².